The molecule has 0 atom stereocenters. The molecule has 1 rings (SSSR count). The van der Waals surface area contributed by atoms with Gasteiger partial charge in [0.05, 0.1) is 0 Å². The first-order chi connectivity index (χ1) is 7.72. The Morgan fingerprint density at radius 2 is 2.06 bits per heavy atom. The summed E-state index contributed by atoms with van der Waals surface area (Å²) in [6.45, 7) is 3.92. The van der Waals surface area contributed by atoms with Gasteiger partial charge in [-0.3, -0.25) is 4.79 Å². The smallest absolute Gasteiger partial charge is 0.255 e. The third-order valence-corrected chi connectivity index (χ3v) is 2.06. The summed E-state index contributed by atoms with van der Waals surface area (Å²) in [5.41, 5.74) is 6.17. The maximum Gasteiger partial charge on any atom is 0.255 e. The zero-order valence-electron chi connectivity index (χ0n) is 9.53. The number of hydrogen-bond donors (Lipinski definition) is 2. The number of carbonyl (C=O) groups excluding carboxylic acids is 1. The highest BCUT2D eigenvalue weighted by Crippen LogP contribution is 2.11. The first-order valence-corrected chi connectivity index (χ1v) is 5.43. The first-order valence-electron chi connectivity index (χ1n) is 5.43. The topological polar surface area (TPSA) is 64.3 Å². The van der Waals surface area contributed by atoms with Crippen LogP contribution >= 0.6 is 0 Å². The lowest BCUT2D eigenvalue weighted by atomic mass is 10.2. The van der Waals surface area contributed by atoms with Crippen LogP contribution < -0.4 is 15.8 Å². The van der Waals surface area contributed by atoms with Crippen LogP contribution in [-0.2, 0) is 11.3 Å². The van der Waals surface area contributed by atoms with Crippen LogP contribution in [0, 0.1) is 0 Å². The van der Waals surface area contributed by atoms with Crippen molar-refractivity contribution in [3.63, 3.8) is 0 Å². The third-order valence-electron chi connectivity index (χ3n) is 2.06. The second-order valence-corrected chi connectivity index (χ2v) is 3.58. The predicted octanol–water partition coefficient (Wildman–Crippen LogP) is 1.05. The predicted molar refractivity (Wildman–Crippen MR) is 63.1 cm³/mol. The standard InChI is InChI=1S/C12H18N2O2/c1-2-7-14-8-10-3-5-11(6-4-10)16-9-12(13)15/h3-6,14H,2,7-9H2,1H3,(H2,13,15). The minimum Gasteiger partial charge on any atom is -0.484 e. The average molecular weight is 222 g/mol. The number of amides is 1. The van der Waals surface area contributed by atoms with Crippen molar-refractivity contribution in [3.8, 4) is 5.75 Å². The van der Waals surface area contributed by atoms with Crippen molar-refractivity contribution in [1.82, 2.24) is 5.32 Å². The fraction of sp³-hybridized carbons (Fsp3) is 0.417. The Morgan fingerprint density at radius 1 is 1.38 bits per heavy atom. The van der Waals surface area contributed by atoms with E-state index in [1.165, 1.54) is 5.56 Å². The second-order valence-electron chi connectivity index (χ2n) is 3.58. The van der Waals surface area contributed by atoms with Gasteiger partial charge in [-0.25, -0.2) is 0 Å². The van der Waals surface area contributed by atoms with E-state index in [-0.39, 0.29) is 6.61 Å². The molecule has 0 spiro atoms. The summed E-state index contributed by atoms with van der Waals surface area (Å²) in [5.74, 6) is 0.201. The van der Waals surface area contributed by atoms with Gasteiger partial charge in [-0.15, -0.1) is 0 Å². The molecule has 0 saturated heterocycles. The third kappa shape index (κ3) is 4.79. The Hall–Kier alpha value is -1.55. The maximum absolute atomic E-state index is 10.5. The van der Waals surface area contributed by atoms with Gasteiger partial charge in [0.2, 0.25) is 0 Å². The van der Waals surface area contributed by atoms with Crippen LogP contribution in [0.15, 0.2) is 24.3 Å². The number of carbonyl (C=O) groups is 1. The van der Waals surface area contributed by atoms with Crippen molar-refractivity contribution < 1.29 is 9.53 Å². The number of primary amides is 1. The highest BCUT2D eigenvalue weighted by Gasteiger charge is 1.97. The highest BCUT2D eigenvalue weighted by molar-refractivity contribution is 5.75. The molecule has 1 aromatic rings. The van der Waals surface area contributed by atoms with E-state index in [0.29, 0.717) is 5.75 Å². The van der Waals surface area contributed by atoms with Crippen LogP contribution in [-0.4, -0.2) is 19.1 Å². The first kappa shape index (κ1) is 12.5. The lowest BCUT2D eigenvalue weighted by Gasteiger charge is -2.06. The van der Waals surface area contributed by atoms with E-state index in [4.69, 9.17) is 10.5 Å². The normalized spacial score (nSPS) is 10.1. The SMILES string of the molecule is CCCNCc1ccc(OCC(N)=O)cc1. The Morgan fingerprint density at radius 3 is 2.62 bits per heavy atom. The number of hydrogen-bond acceptors (Lipinski definition) is 3. The molecule has 0 aromatic heterocycles. The van der Waals surface area contributed by atoms with Crippen molar-refractivity contribution in [1.29, 1.82) is 0 Å². The van der Waals surface area contributed by atoms with Gasteiger partial charge >= 0.3 is 0 Å². The van der Waals surface area contributed by atoms with E-state index in [2.05, 4.69) is 12.2 Å². The van der Waals surface area contributed by atoms with E-state index < -0.39 is 5.91 Å². The molecule has 4 nitrogen and oxygen atoms in total. The van der Waals surface area contributed by atoms with E-state index in [0.717, 1.165) is 19.5 Å². The van der Waals surface area contributed by atoms with Gasteiger partial charge in [-0.2, -0.15) is 0 Å². The Bertz CT molecular complexity index is 322. The van der Waals surface area contributed by atoms with Gasteiger partial charge < -0.3 is 15.8 Å². The van der Waals surface area contributed by atoms with E-state index in [1.54, 1.807) is 0 Å². The summed E-state index contributed by atoms with van der Waals surface area (Å²) < 4.78 is 5.15. The van der Waals surface area contributed by atoms with E-state index in [1.807, 2.05) is 24.3 Å². The Kier molecular flexibility index (Phi) is 5.36. The Labute approximate surface area is 95.8 Å². The number of nitrogens with two attached hydrogens (primary N) is 1. The molecule has 0 aliphatic heterocycles. The summed E-state index contributed by atoms with van der Waals surface area (Å²) in [6, 6.07) is 7.62. The summed E-state index contributed by atoms with van der Waals surface area (Å²) in [4.78, 5) is 10.5. The lowest BCUT2D eigenvalue weighted by molar-refractivity contribution is -0.119. The molecule has 0 saturated carbocycles. The molecular formula is C12H18N2O2. The van der Waals surface area contributed by atoms with Crippen LogP contribution in [0.3, 0.4) is 0 Å². The van der Waals surface area contributed by atoms with Crippen molar-refractivity contribution in [2.75, 3.05) is 13.2 Å². The summed E-state index contributed by atoms with van der Waals surface area (Å²) in [6.07, 6.45) is 1.12. The molecule has 3 N–H and O–H groups in total. The molecule has 0 radical (unpaired) electrons. The average Bonchev–Trinajstić information content (AvgIpc) is 2.28. The number of nitrogens with one attached hydrogen (secondary N) is 1. The van der Waals surface area contributed by atoms with Gasteiger partial charge in [0.1, 0.15) is 5.75 Å². The van der Waals surface area contributed by atoms with Gasteiger partial charge in [0.15, 0.2) is 6.61 Å². The summed E-state index contributed by atoms with van der Waals surface area (Å²) >= 11 is 0. The molecule has 0 aliphatic rings. The van der Waals surface area contributed by atoms with E-state index in [9.17, 15) is 4.79 Å². The quantitative estimate of drug-likeness (QED) is 0.678. The molecule has 0 unspecified atom stereocenters. The van der Waals surface area contributed by atoms with E-state index >= 15 is 0 Å². The summed E-state index contributed by atoms with van der Waals surface area (Å²) in [5, 5.41) is 3.31. The zero-order valence-corrected chi connectivity index (χ0v) is 9.53. The molecule has 0 heterocycles. The van der Waals surface area contributed by atoms with Crippen molar-refractivity contribution in [2.24, 2.45) is 5.73 Å². The van der Waals surface area contributed by atoms with Crippen molar-refractivity contribution in [3.05, 3.63) is 29.8 Å². The van der Waals surface area contributed by atoms with Crippen LogP contribution in [0.25, 0.3) is 0 Å². The molecule has 88 valence electrons. The molecule has 16 heavy (non-hydrogen) atoms. The minimum absolute atomic E-state index is 0.0760. The molecule has 1 amide bonds. The van der Waals surface area contributed by atoms with Gasteiger partial charge in [-0.1, -0.05) is 19.1 Å². The van der Waals surface area contributed by atoms with Crippen LogP contribution in [0.4, 0.5) is 0 Å². The van der Waals surface area contributed by atoms with Crippen LogP contribution in [0.5, 0.6) is 5.75 Å². The number of rotatable bonds is 7. The molecule has 0 aliphatic carbocycles. The largest absolute Gasteiger partial charge is 0.484 e. The van der Waals surface area contributed by atoms with Crippen LogP contribution in [0.2, 0.25) is 0 Å². The highest BCUT2D eigenvalue weighted by atomic mass is 16.5. The molecule has 1 aromatic carbocycles. The maximum atomic E-state index is 10.5. The zero-order chi connectivity index (χ0) is 11.8. The van der Waals surface area contributed by atoms with Crippen LogP contribution in [0.1, 0.15) is 18.9 Å². The van der Waals surface area contributed by atoms with Gasteiger partial charge in [0, 0.05) is 6.54 Å². The molecular weight excluding hydrogens is 204 g/mol. The number of ether oxygens (including phenoxy) is 1. The monoisotopic (exact) mass is 222 g/mol. The molecule has 0 bridgehead atoms. The fourth-order valence-corrected chi connectivity index (χ4v) is 1.27. The Balaban J connectivity index is 2.38. The minimum atomic E-state index is -0.464. The van der Waals surface area contributed by atoms with Crippen molar-refractivity contribution >= 4 is 5.91 Å². The van der Waals surface area contributed by atoms with Gasteiger partial charge in [-0.05, 0) is 30.7 Å². The van der Waals surface area contributed by atoms with Gasteiger partial charge in [0.25, 0.3) is 5.91 Å². The fourth-order valence-electron chi connectivity index (χ4n) is 1.27. The summed E-state index contributed by atoms with van der Waals surface area (Å²) in [7, 11) is 0. The second kappa shape index (κ2) is 6.85. The molecule has 0 fully saturated rings. The van der Waals surface area contributed by atoms with Crippen molar-refractivity contribution in [2.45, 2.75) is 19.9 Å². The lowest BCUT2D eigenvalue weighted by Crippen LogP contribution is -2.20. The number of benzene rings is 1. The molecule has 4 heteroatoms.